The van der Waals surface area contributed by atoms with Crippen molar-refractivity contribution in [2.75, 3.05) is 31.6 Å². The highest BCUT2D eigenvalue weighted by atomic mass is 16.5. The first kappa shape index (κ1) is 17.6. The van der Waals surface area contributed by atoms with E-state index in [0.717, 1.165) is 23.4 Å². The van der Waals surface area contributed by atoms with E-state index in [2.05, 4.69) is 29.3 Å². The Morgan fingerprint density at radius 1 is 1.12 bits per heavy atom. The highest BCUT2D eigenvalue weighted by Gasteiger charge is 2.28. The van der Waals surface area contributed by atoms with Crippen LogP contribution >= 0.6 is 0 Å². The van der Waals surface area contributed by atoms with Crippen molar-refractivity contribution in [2.24, 2.45) is 5.92 Å². The van der Waals surface area contributed by atoms with Crippen molar-refractivity contribution in [2.45, 2.75) is 57.5 Å². The second-order valence-corrected chi connectivity index (χ2v) is 7.48. The third kappa shape index (κ3) is 4.87. The van der Waals surface area contributed by atoms with E-state index < -0.39 is 0 Å². The summed E-state index contributed by atoms with van der Waals surface area (Å²) in [5, 5.41) is 12.5. The maximum atomic E-state index is 8.79. The Balaban J connectivity index is 1.43. The van der Waals surface area contributed by atoms with E-state index in [1.165, 1.54) is 51.6 Å². The van der Waals surface area contributed by atoms with Crippen molar-refractivity contribution in [1.82, 2.24) is 4.90 Å². The average Bonchev–Trinajstić information content (AvgIpc) is 2.62. The van der Waals surface area contributed by atoms with Crippen LogP contribution in [-0.2, 0) is 0 Å². The number of nitrogens with zero attached hydrogens (tertiary/aromatic N) is 1. The number of hydrogen-bond acceptors (Lipinski definition) is 4. The van der Waals surface area contributed by atoms with Gasteiger partial charge in [-0.15, -0.1) is 0 Å². The van der Waals surface area contributed by atoms with E-state index in [0.29, 0.717) is 12.6 Å². The minimum Gasteiger partial charge on any atom is -0.491 e. The molecule has 2 atom stereocenters. The van der Waals surface area contributed by atoms with Crippen LogP contribution in [0.5, 0.6) is 5.75 Å². The molecule has 2 unspecified atom stereocenters. The van der Waals surface area contributed by atoms with Gasteiger partial charge in [0.05, 0.1) is 6.61 Å². The zero-order chi connectivity index (χ0) is 16.8. The lowest BCUT2D eigenvalue weighted by Crippen LogP contribution is -2.46. The molecule has 1 aliphatic carbocycles. The number of anilines is 1. The molecule has 1 saturated heterocycles. The number of benzene rings is 1. The zero-order valence-electron chi connectivity index (χ0n) is 14.9. The SMILES string of the molecule is CC1CCCC(N2CCC(Nc3ccc(OCCO)cc3)CC2)C1. The summed E-state index contributed by atoms with van der Waals surface area (Å²) in [6.45, 7) is 5.28. The van der Waals surface area contributed by atoms with Gasteiger partial charge in [-0.25, -0.2) is 0 Å². The van der Waals surface area contributed by atoms with Crippen LogP contribution in [0.4, 0.5) is 5.69 Å². The van der Waals surface area contributed by atoms with Crippen LogP contribution < -0.4 is 10.1 Å². The van der Waals surface area contributed by atoms with Crippen molar-refractivity contribution in [1.29, 1.82) is 0 Å². The predicted octanol–water partition coefficient (Wildman–Crippen LogP) is 3.51. The van der Waals surface area contributed by atoms with Gasteiger partial charge in [-0.2, -0.15) is 0 Å². The van der Waals surface area contributed by atoms with E-state index >= 15 is 0 Å². The molecule has 1 aliphatic heterocycles. The third-order valence-corrected chi connectivity index (χ3v) is 5.54. The summed E-state index contributed by atoms with van der Waals surface area (Å²) in [7, 11) is 0. The Morgan fingerprint density at radius 3 is 2.54 bits per heavy atom. The molecule has 1 aromatic rings. The van der Waals surface area contributed by atoms with Crippen LogP contribution in [0, 0.1) is 5.92 Å². The Bertz CT molecular complexity index is 483. The van der Waals surface area contributed by atoms with E-state index in [-0.39, 0.29) is 6.61 Å². The Labute approximate surface area is 146 Å². The van der Waals surface area contributed by atoms with Crippen molar-refractivity contribution < 1.29 is 9.84 Å². The molecule has 2 N–H and O–H groups in total. The maximum Gasteiger partial charge on any atom is 0.119 e. The van der Waals surface area contributed by atoms with Crippen LogP contribution in [0.15, 0.2) is 24.3 Å². The van der Waals surface area contributed by atoms with Crippen molar-refractivity contribution in [3.8, 4) is 5.75 Å². The molecule has 2 aliphatic rings. The van der Waals surface area contributed by atoms with Gasteiger partial charge in [-0.3, -0.25) is 0 Å². The minimum atomic E-state index is 0.0539. The molecular formula is C20H32N2O2. The number of aliphatic hydroxyl groups is 1. The molecule has 0 aromatic heterocycles. The van der Waals surface area contributed by atoms with Gasteiger partial charge in [0.2, 0.25) is 0 Å². The van der Waals surface area contributed by atoms with Gasteiger partial charge in [0.15, 0.2) is 0 Å². The number of aliphatic hydroxyl groups excluding tert-OH is 1. The Morgan fingerprint density at radius 2 is 1.88 bits per heavy atom. The number of likely N-dealkylation sites (tertiary alicyclic amines) is 1. The molecule has 1 aromatic carbocycles. The van der Waals surface area contributed by atoms with Crippen molar-refractivity contribution in [3.63, 3.8) is 0 Å². The summed E-state index contributed by atoms with van der Waals surface area (Å²) < 4.78 is 5.41. The van der Waals surface area contributed by atoms with Crippen LogP contribution in [0.2, 0.25) is 0 Å². The van der Waals surface area contributed by atoms with Gasteiger partial charge in [0, 0.05) is 30.9 Å². The monoisotopic (exact) mass is 332 g/mol. The van der Waals surface area contributed by atoms with E-state index in [1.54, 1.807) is 0 Å². The molecule has 4 heteroatoms. The van der Waals surface area contributed by atoms with Crippen LogP contribution in [-0.4, -0.2) is 48.4 Å². The number of piperidine rings is 1. The molecule has 0 amide bonds. The molecule has 4 nitrogen and oxygen atoms in total. The Hall–Kier alpha value is -1.26. The quantitative estimate of drug-likeness (QED) is 0.837. The van der Waals surface area contributed by atoms with Crippen molar-refractivity contribution in [3.05, 3.63) is 24.3 Å². The fraction of sp³-hybridized carbons (Fsp3) is 0.700. The predicted molar refractivity (Wildman–Crippen MR) is 98.7 cm³/mol. The topological polar surface area (TPSA) is 44.7 Å². The summed E-state index contributed by atoms with van der Waals surface area (Å²) in [5.41, 5.74) is 1.16. The maximum absolute atomic E-state index is 8.79. The molecule has 1 heterocycles. The van der Waals surface area contributed by atoms with Crippen molar-refractivity contribution >= 4 is 5.69 Å². The number of hydrogen-bond donors (Lipinski definition) is 2. The van der Waals surface area contributed by atoms with Crippen LogP contribution in [0.25, 0.3) is 0 Å². The molecule has 24 heavy (non-hydrogen) atoms. The molecular weight excluding hydrogens is 300 g/mol. The largest absolute Gasteiger partial charge is 0.491 e. The highest BCUT2D eigenvalue weighted by Crippen LogP contribution is 2.29. The molecule has 0 spiro atoms. The molecule has 0 radical (unpaired) electrons. The van der Waals surface area contributed by atoms with Crippen LogP contribution in [0.1, 0.15) is 45.4 Å². The number of rotatable bonds is 6. The van der Waals surface area contributed by atoms with Gasteiger partial charge in [0.25, 0.3) is 0 Å². The minimum absolute atomic E-state index is 0.0539. The summed E-state index contributed by atoms with van der Waals surface area (Å²) in [5.74, 6) is 1.72. The average molecular weight is 332 g/mol. The summed E-state index contributed by atoms with van der Waals surface area (Å²) in [6, 6.07) is 9.49. The molecule has 134 valence electrons. The number of ether oxygens (including phenoxy) is 1. The number of nitrogens with one attached hydrogen (secondary N) is 1. The smallest absolute Gasteiger partial charge is 0.119 e. The second kappa shape index (κ2) is 8.72. The van der Waals surface area contributed by atoms with E-state index in [4.69, 9.17) is 9.84 Å². The van der Waals surface area contributed by atoms with Gasteiger partial charge in [-0.1, -0.05) is 19.8 Å². The first-order valence-corrected chi connectivity index (χ1v) is 9.59. The molecule has 3 rings (SSSR count). The lowest BCUT2D eigenvalue weighted by Gasteiger charge is -2.41. The zero-order valence-corrected chi connectivity index (χ0v) is 14.9. The first-order valence-electron chi connectivity index (χ1n) is 9.59. The van der Waals surface area contributed by atoms with Crippen LogP contribution in [0.3, 0.4) is 0 Å². The first-order chi connectivity index (χ1) is 11.7. The fourth-order valence-electron chi connectivity index (χ4n) is 4.19. The van der Waals surface area contributed by atoms with Gasteiger partial charge in [-0.05, 0) is 55.9 Å². The van der Waals surface area contributed by atoms with Gasteiger partial charge >= 0.3 is 0 Å². The summed E-state index contributed by atoms with van der Waals surface area (Å²) in [4.78, 5) is 2.74. The lowest BCUT2D eigenvalue weighted by atomic mass is 9.85. The van der Waals surface area contributed by atoms with Gasteiger partial charge in [0.1, 0.15) is 12.4 Å². The standard InChI is InChI=1S/C20H32N2O2/c1-16-3-2-4-19(15-16)22-11-9-18(10-12-22)21-17-5-7-20(8-6-17)24-14-13-23/h5-8,16,18-19,21,23H,2-4,9-15H2,1H3. The normalized spacial score (nSPS) is 26.2. The third-order valence-electron chi connectivity index (χ3n) is 5.54. The lowest BCUT2D eigenvalue weighted by molar-refractivity contribution is 0.109. The van der Waals surface area contributed by atoms with E-state index in [9.17, 15) is 0 Å². The molecule has 1 saturated carbocycles. The Kier molecular flexibility index (Phi) is 6.38. The highest BCUT2D eigenvalue weighted by molar-refractivity contribution is 5.47. The summed E-state index contributed by atoms with van der Waals surface area (Å²) >= 11 is 0. The summed E-state index contributed by atoms with van der Waals surface area (Å²) in [6.07, 6.45) is 8.09. The molecule has 2 fully saturated rings. The molecule has 0 bridgehead atoms. The van der Waals surface area contributed by atoms with E-state index in [1.807, 2.05) is 12.1 Å². The fourth-order valence-corrected chi connectivity index (χ4v) is 4.19. The van der Waals surface area contributed by atoms with Gasteiger partial charge < -0.3 is 20.1 Å². The second-order valence-electron chi connectivity index (χ2n) is 7.48.